The van der Waals surface area contributed by atoms with E-state index in [0.29, 0.717) is 0 Å². The van der Waals surface area contributed by atoms with Crippen LogP contribution in [-0.4, -0.2) is 4.98 Å². The third kappa shape index (κ3) is 1.41. The lowest BCUT2D eigenvalue weighted by molar-refractivity contribution is 1.28. The van der Waals surface area contributed by atoms with E-state index >= 15 is 0 Å². The largest absolute Gasteiger partial charge is 0.248 e. The van der Waals surface area contributed by atoms with Gasteiger partial charge in [0.2, 0.25) is 0 Å². The summed E-state index contributed by atoms with van der Waals surface area (Å²) >= 11 is 0. The summed E-state index contributed by atoms with van der Waals surface area (Å²) in [6, 6.07) is 10.4. The predicted molar refractivity (Wildman–Crippen MR) is 61.3 cm³/mol. The van der Waals surface area contributed by atoms with Gasteiger partial charge in [0.25, 0.3) is 0 Å². The van der Waals surface area contributed by atoms with Crippen molar-refractivity contribution in [2.24, 2.45) is 0 Å². The molecule has 0 amide bonds. The van der Waals surface area contributed by atoms with Crippen LogP contribution in [0.1, 0.15) is 13.8 Å². The van der Waals surface area contributed by atoms with Gasteiger partial charge in [-0.25, -0.2) is 4.98 Å². The van der Waals surface area contributed by atoms with Gasteiger partial charge in [0.05, 0.1) is 10.9 Å². The van der Waals surface area contributed by atoms with Crippen LogP contribution >= 0.6 is 0 Å². The van der Waals surface area contributed by atoms with Crippen molar-refractivity contribution in [3.8, 4) is 0 Å². The number of hydrogen-bond donors (Lipinski definition) is 0. The molecule has 0 aliphatic carbocycles. The highest BCUT2D eigenvalue weighted by Gasteiger charge is 1.92. The van der Waals surface area contributed by atoms with Crippen LogP contribution in [0.5, 0.6) is 0 Å². The van der Waals surface area contributed by atoms with E-state index in [-0.39, 0.29) is 0 Å². The summed E-state index contributed by atoms with van der Waals surface area (Å²) in [7, 11) is 0. The highest BCUT2D eigenvalue weighted by Crippen LogP contribution is 2.05. The molecular formula is C13H13N. The number of pyridine rings is 1. The van der Waals surface area contributed by atoms with E-state index < -0.39 is 0 Å². The lowest BCUT2D eigenvalue weighted by Gasteiger charge is -1.96. The van der Waals surface area contributed by atoms with Gasteiger partial charge in [-0.15, -0.1) is 0 Å². The van der Waals surface area contributed by atoms with Gasteiger partial charge in [0.1, 0.15) is 0 Å². The first-order valence-electron chi connectivity index (χ1n) is 4.83. The smallest absolute Gasteiger partial charge is 0.0709 e. The molecule has 0 aliphatic rings. The van der Waals surface area contributed by atoms with Crippen LogP contribution in [0.15, 0.2) is 30.3 Å². The van der Waals surface area contributed by atoms with Gasteiger partial charge in [-0.05, 0) is 31.2 Å². The van der Waals surface area contributed by atoms with Crippen molar-refractivity contribution < 1.29 is 0 Å². The Morgan fingerprint density at radius 2 is 1.86 bits per heavy atom. The van der Waals surface area contributed by atoms with E-state index in [1.807, 2.05) is 38.1 Å². The summed E-state index contributed by atoms with van der Waals surface area (Å²) in [5.41, 5.74) is 1.06. The fourth-order valence-corrected chi connectivity index (χ4v) is 1.61. The maximum absolute atomic E-state index is 4.58. The number of hydrogen-bond acceptors (Lipinski definition) is 1. The fourth-order valence-electron chi connectivity index (χ4n) is 1.61. The Morgan fingerprint density at radius 1 is 1.07 bits per heavy atom. The van der Waals surface area contributed by atoms with Gasteiger partial charge < -0.3 is 0 Å². The molecule has 2 aromatic rings. The molecule has 0 aliphatic heterocycles. The minimum Gasteiger partial charge on any atom is -0.248 e. The molecular weight excluding hydrogens is 170 g/mol. The Morgan fingerprint density at radius 3 is 2.57 bits per heavy atom. The highest BCUT2D eigenvalue weighted by molar-refractivity contribution is 5.78. The summed E-state index contributed by atoms with van der Waals surface area (Å²) in [5.74, 6) is 0. The summed E-state index contributed by atoms with van der Waals surface area (Å²) in [6.07, 6.45) is 4.14. The minimum atomic E-state index is 1.06. The van der Waals surface area contributed by atoms with E-state index in [2.05, 4.69) is 23.2 Å². The first-order valence-corrected chi connectivity index (χ1v) is 4.83. The van der Waals surface area contributed by atoms with Crippen molar-refractivity contribution >= 4 is 23.1 Å². The Hall–Kier alpha value is -1.63. The van der Waals surface area contributed by atoms with Crippen LogP contribution in [-0.2, 0) is 0 Å². The number of para-hydroxylation sites is 1. The summed E-state index contributed by atoms with van der Waals surface area (Å²) in [6.45, 7) is 4.06. The number of benzene rings is 1. The maximum atomic E-state index is 4.58. The van der Waals surface area contributed by atoms with Crippen LogP contribution in [0, 0.1) is 0 Å². The molecule has 1 aromatic heterocycles. The number of fused-ring (bicyclic) bond motifs is 1. The molecule has 0 unspecified atom stereocenters. The first-order chi connectivity index (χ1) is 6.85. The van der Waals surface area contributed by atoms with Crippen molar-refractivity contribution in [3.63, 3.8) is 0 Å². The van der Waals surface area contributed by atoms with Crippen molar-refractivity contribution in [2.45, 2.75) is 13.8 Å². The van der Waals surface area contributed by atoms with Crippen molar-refractivity contribution in [3.05, 3.63) is 40.9 Å². The zero-order valence-corrected chi connectivity index (χ0v) is 8.49. The monoisotopic (exact) mass is 183 g/mol. The Bertz CT molecular complexity index is 515. The minimum absolute atomic E-state index is 1.06. The highest BCUT2D eigenvalue weighted by atomic mass is 14.7. The molecule has 0 fully saturated rings. The van der Waals surface area contributed by atoms with Gasteiger partial charge in [-0.2, -0.15) is 0 Å². The molecule has 0 saturated heterocycles. The molecule has 0 spiro atoms. The number of rotatable bonds is 0. The zero-order chi connectivity index (χ0) is 9.97. The molecule has 0 N–H and O–H groups in total. The molecule has 1 nitrogen and oxygen atoms in total. The molecule has 14 heavy (non-hydrogen) atoms. The molecule has 0 saturated carbocycles. The first kappa shape index (κ1) is 8.95. The topological polar surface area (TPSA) is 12.9 Å². The fraction of sp³-hybridized carbons (Fsp3) is 0.154. The molecule has 2 rings (SSSR count). The predicted octanol–water partition coefficient (Wildman–Crippen LogP) is 1.84. The molecule has 0 radical (unpaired) electrons. The van der Waals surface area contributed by atoms with Crippen LogP contribution < -0.4 is 10.6 Å². The van der Waals surface area contributed by atoms with Crippen molar-refractivity contribution in [1.29, 1.82) is 0 Å². The second-order valence-corrected chi connectivity index (χ2v) is 3.23. The third-order valence-electron chi connectivity index (χ3n) is 2.37. The third-order valence-corrected chi connectivity index (χ3v) is 2.37. The number of nitrogens with zero attached hydrogens (tertiary/aromatic N) is 1. The van der Waals surface area contributed by atoms with E-state index in [9.17, 15) is 0 Å². The second kappa shape index (κ2) is 3.62. The van der Waals surface area contributed by atoms with E-state index in [1.54, 1.807) is 0 Å². The van der Waals surface area contributed by atoms with E-state index in [0.717, 1.165) is 10.9 Å². The van der Waals surface area contributed by atoms with Crippen molar-refractivity contribution in [1.82, 2.24) is 4.98 Å². The SMILES string of the molecule is C/C=c1/cc2ccccc2n/c1=C/C. The Balaban J connectivity index is 2.98. The number of aromatic nitrogens is 1. The van der Waals surface area contributed by atoms with Gasteiger partial charge in [-0.1, -0.05) is 30.4 Å². The van der Waals surface area contributed by atoms with Crippen molar-refractivity contribution in [2.75, 3.05) is 0 Å². The average Bonchev–Trinajstić information content (AvgIpc) is 2.27. The normalized spacial score (nSPS) is 13.9. The van der Waals surface area contributed by atoms with Crippen LogP contribution in [0.2, 0.25) is 0 Å². The standard InChI is InChI=1S/C13H13N/c1-3-10-9-11-7-5-6-8-13(11)14-12(10)4-2/h3-9H,1-2H3/b10-3-,12-4+. The second-order valence-electron chi connectivity index (χ2n) is 3.23. The Labute approximate surface area is 83.4 Å². The molecule has 1 heterocycles. The van der Waals surface area contributed by atoms with E-state index in [1.165, 1.54) is 10.6 Å². The van der Waals surface area contributed by atoms with Gasteiger partial charge in [-0.3, -0.25) is 0 Å². The Kier molecular flexibility index (Phi) is 2.32. The quantitative estimate of drug-likeness (QED) is 0.607. The molecule has 70 valence electrons. The molecule has 0 bridgehead atoms. The summed E-state index contributed by atoms with van der Waals surface area (Å²) in [5, 5.41) is 3.46. The molecule has 1 heteroatoms. The van der Waals surface area contributed by atoms with Gasteiger partial charge in [0.15, 0.2) is 0 Å². The van der Waals surface area contributed by atoms with Crippen LogP contribution in [0.3, 0.4) is 0 Å². The lowest BCUT2D eigenvalue weighted by Crippen LogP contribution is -2.27. The van der Waals surface area contributed by atoms with Gasteiger partial charge >= 0.3 is 0 Å². The molecule has 1 aromatic carbocycles. The average molecular weight is 183 g/mol. The summed E-state index contributed by atoms with van der Waals surface area (Å²) in [4.78, 5) is 4.58. The van der Waals surface area contributed by atoms with E-state index in [4.69, 9.17) is 0 Å². The van der Waals surface area contributed by atoms with Gasteiger partial charge in [0, 0.05) is 5.39 Å². The maximum Gasteiger partial charge on any atom is 0.0709 e. The van der Waals surface area contributed by atoms with Crippen LogP contribution in [0.4, 0.5) is 0 Å². The molecule has 0 atom stereocenters. The zero-order valence-electron chi connectivity index (χ0n) is 8.49. The summed E-state index contributed by atoms with van der Waals surface area (Å²) < 4.78 is 0. The lowest BCUT2D eigenvalue weighted by atomic mass is 10.2. The van der Waals surface area contributed by atoms with Crippen LogP contribution in [0.25, 0.3) is 23.1 Å².